The van der Waals surface area contributed by atoms with Gasteiger partial charge >= 0.3 is 6.18 Å². The van der Waals surface area contributed by atoms with E-state index < -0.39 is 12.0 Å². The van der Waals surface area contributed by atoms with E-state index in [1.54, 1.807) is 29.2 Å². The van der Waals surface area contributed by atoms with Crippen LogP contribution in [0.4, 0.5) is 24.8 Å². The summed E-state index contributed by atoms with van der Waals surface area (Å²) in [5.74, 6) is -0.812. The number of ether oxygens (including phenoxy) is 1. The number of aryl methyl sites for hydroxylation is 2. The third-order valence-corrected chi connectivity index (χ3v) is 8.61. The molecule has 0 bridgehead atoms. The van der Waals surface area contributed by atoms with E-state index in [1.165, 1.54) is 37.1 Å². The van der Waals surface area contributed by atoms with Crippen LogP contribution in [0.25, 0.3) is 17.3 Å². The molecule has 0 radical (unpaired) electrons. The van der Waals surface area contributed by atoms with Crippen LogP contribution in [-0.2, 0) is 23.8 Å². The van der Waals surface area contributed by atoms with Crippen LogP contribution >= 0.6 is 0 Å². The highest BCUT2D eigenvalue weighted by molar-refractivity contribution is 5.58. The molecule has 0 amide bonds. The molecule has 10 nitrogen and oxygen atoms in total. The van der Waals surface area contributed by atoms with Crippen LogP contribution in [0, 0.1) is 0 Å². The molecule has 226 valence electrons. The zero-order valence-corrected chi connectivity index (χ0v) is 23.8. The maximum absolute atomic E-state index is 13.8. The van der Waals surface area contributed by atoms with Gasteiger partial charge in [-0.25, -0.2) is 14.6 Å². The molecule has 1 N–H and O–H groups in total. The first-order valence-corrected chi connectivity index (χ1v) is 15.1. The van der Waals surface area contributed by atoms with Crippen LogP contribution < -0.4 is 5.32 Å². The number of aromatic nitrogens is 7. The number of rotatable bonds is 6. The van der Waals surface area contributed by atoms with Crippen LogP contribution in [0.1, 0.15) is 68.1 Å². The summed E-state index contributed by atoms with van der Waals surface area (Å²) in [7, 11) is 0. The van der Waals surface area contributed by atoms with Crippen LogP contribution in [0.5, 0.6) is 0 Å². The van der Waals surface area contributed by atoms with Crippen molar-refractivity contribution >= 4 is 11.6 Å². The summed E-state index contributed by atoms with van der Waals surface area (Å²) >= 11 is 0. The van der Waals surface area contributed by atoms with Gasteiger partial charge in [0.25, 0.3) is 5.82 Å². The van der Waals surface area contributed by atoms with Gasteiger partial charge in [0.2, 0.25) is 5.95 Å². The summed E-state index contributed by atoms with van der Waals surface area (Å²) < 4.78 is 49.8. The van der Waals surface area contributed by atoms with Gasteiger partial charge in [-0.3, -0.25) is 0 Å². The number of anilines is 2. The van der Waals surface area contributed by atoms with Crippen molar-refractivity contribution in [1.29, 1.82) is 0 Å². The Labute approximate surface area is 247 Å². The molecule has 2 saturated heterocycles. The van der Waals surface area contributed by atoms with Crippen LogP contribution in [-0.4, -0.2) is 65.2 Å². The second-order valence-corrected chi connectivity index (χ2v) is 11.5. The molecule has 2 fully saturated rings. The molecule has 0 saturated carbocycles. The van der Waals surface area contributed by atoms with Crippen LogP contribution in [0.2, 0.25) is 0 Å². The minimum absolute atomic E-state index is 0.0745. The number of pyridine rings is 1. The van der Waals surface area contributed by atoms with Gasteiger partial charge in [0.15, 0.2) is 17.9 Å². The lowest BCUT2D eigenvalue weighted by atomic mass is 10.0. The Hall–Kier alpha value is -3.84. The Balaban J connectivity index is 1.15. The molecule has 2 unspecified atom stereocenters. The van der Waals surface area contributed by atoms with Gasteiger partial charge in [-0.2, -0.15) is 22.8 Å². The molecule has 4 aromatic rings. The van der Waals surface area contributed by atoms with Crippen molar-refractivity contribution in [2.75, 3.05) is 25.0 Å². The second-order valence-electron chi connectivity index (χ2n) is 11.5. The highest BCUT2D eigenvalue weighted by atomic mass is 19.4. The molecule has 3 aromatic heterocycles. The monoisotopic (exact) mass is 593 g/mol. The van der Waals surface area contributed by atoms with E-state index in [9.17, 15) is 13.2 Å². The summed E-state index contributed by atoms with van der Waals surface area (Å²) in [5.41, 5.74) is 3.58. The van der Waals surface area contributed by atoms with Gasteiger partial charge in [0.1, 0.15) is 12.0 Å². The van der Waals surface area contributed by atoms with E-state index in [2.05, 4.69) is 41.4 Å². The molecule has 5 heterocycles. The number of nitrogens with zero attached hydrogens (tertiary/aromatic N) is 8. The molecular formula is C30H34F3N9O. The fraction of sp³-hybridized carbons (Fsp3) is 0.500. The Kier molecular flexibility index (Phi) is 7.60. The molecule has 3 aliphatic rings. The Morgan fingerprint density at radius 1 is 0.884 bits per heavy atom. The summed E-state index contributed by atoms with van der Waals surface area (Å²) in [6, 6.07) is 11.6. The fourth-order valence-corrected chi connectivity index (χ4v) is 6.37. The Morgan fingerprint density at radius 2 is 1.72 bits per heavy atom. The van der Waals surface area contributed by atoms with E-state index in [-0.39, 0.29) is 18.0 Å². The lowest BCUT2D eigenvalue weighted by Gasteiger charge is -2.25. The van der Waals surface area contributed by atoms with Gasteiger partial charge in [0.05, 0.1) is 0 Å². The number of hydrogen-bond donors (Lipinski definition) is 1. The minimum Gasteiger partial charge on any atom is -0.356 e. The first-order chi connectivity index (χ1) is 20.9. The molecular weight excluding hydrogens is 559 g/mol. The maximum Gasteiger partial charge on any atom is 0.453 e. The van der Waals surface area contributed by atoms with Gasteiger partial charge in [0, 0.05) is 18.3 Å². The Bertz CT molecular complexity index is 1570. The SMILES string of the molecule is FC(F)(F)c1nc(Nc2ccc3c(c2)CCC(N2CCCC2)CC3)n(-c2cccc(-c3ncn(C4CCCCO4)n3)n2)n1. The zero-order valence-electron chi connectivity index (χ0n) is 23.8. The molecule has 2 aliphatic heterocycles. The first kappa shape index (κ1) is 28.0. The van der Waals surface area contributed by atoms with Gasteiger partial charge in [-0.1, -0.05) is 12.1 Å². The van der Waals surface area contributed by atoms with Crippen molar-refractivity contribution < 1.29 is 17.9 Å². The quantitative estimate of drug-likeness (QED) is 0.283. The summed E-state index contributed by atoms with van der Waals surface area (Å²) in [5, 5.41) is 11.4. The summed E-state index contributed by atoms with van der Waals surface area (Å²) in [6.07, 6.45) is 6.26. The fourth-order valence-electron chi connectivity index (χ4n) is 6.37. The van der Waals surface area contributed by atoms with Crippen molar-refractivity contribution in [2.45, 2.75) is 76.2 Å². The van der Waals surface area contributed by atoms with Crippen molar-refractivity contribution in [1.82, 2.24) is 39.4 Å². The highest BCUT2D eigenvalue weighted by Gasteiger charge is 2.37. The molecule has 1 aliphatic carbocycles. The smallest absolute Gasteiger partial charge is 0.356 e. The maximum atomic E-state index is 13.8. The minimum atomic E-state index is -4.72. The normalized spacial score (nSPS) is 21.5. The van der Waals surface area contributed by atoms with Crippen molar-refractivity contribution in [3.8, 4) is 17.3 Å². The lowest BCUT2D eigenvalue weighted by Crippen LogP contribution is -2.32. The third-order valence-electron chi connectivity index (χ3n) is 8.61. The summed E-state index contributed by atoms with van der Waals surface area (Å²) in [6.45, 7) is 3.01. The zero-order chi connectivity index (χ0) is 29.4. The highest BCUT2D eigenvalue weighted by Crippen LogP contribution is 2.32. The number of benzene rings is 1. The number of nitrogens with one attached hydrogen (secondary N) is 1. The third kappa shape index (κ3) is 6.00. The average molecular weight is 594 g/mol. The number of alkyl halides is 3. The molecule has 7 rings (SSSR count). The van der Waals surface area contributed by atoms with Gasteiger partial charge < -0.3 is 15.0 Å². The lowest BCUT2D eigenvalue weighted by molar-refractivity contribution is -0.144. The standard InChI is InChI=1S/C30H34F3N9O/c31-30(32,33)28-37-29(35-22-12-9-20-10-13-23(14-11-21(20)18-22)40-15-2-3-16-40)42(39-28)25-7-5-6-24(36-25)27-34-19-41(38-27)26-8-1-4-17-43-26/h5-7,9,12,18-19,23,26H,1-4,8,10-11,13-17H2,(H,35,37,39). The second kappa shape index (κ2) is 11.7. The molecule has 13 heteroatoms. The number of halogens is 3. The van der Waals surface area contributed by atoms with E-state index in [0.717, 1.165) is 49.6 Å². The molecule has 0 spiro atoms. The largest absolute Gasteiger partial charge is 0.453 e. The van der Waals surface area contributed by atoms with Gasteiger partial charge in [-0.15, -0.1) is 10.2 Å². The van der Waals surface area contributed by atoms with E-state index in [1.807, 2.05) is 12.1 Å². The van der Waals surface area contributed by atoms with Crippen molar-refractivity contribution in [3.63, 3.8) is 0 Å². The summed E-state index contributed by atoms with van der Waals surface area (Å²) in [4.78, 5) is 15.4. The van der Waals surface area contributed by atoms with Crippen LogP contribution in [0.3, 0.4) is 0 Å². The number of likely N-dealkylation sites (tertiary alicyclic amines) is 1. The van der Waals surface area contributed by atoms with Crippen molar-refractivity contribution in [3.05, 3.63) is 59.7 Å². The van der Waals surface area contributed by atoms with E-state index >= 15 is 0 Å². The van der Waals surface area contributed by atoms with E-state index in [4.69, 9.17) is 4.74 Å². The Morgan fingerprint density at radius 3 is 2.51 bits per heavy atom. The first-order valence-electron chi connectivity index (χ1n) is 15.1. The topological polar surface area (TPSA) is 98.8 Å². The van der Waals surface area contributed by atoms with Crippen LogP contribution in [0.15, 0.2) is 42.7 Å². The number of hydrogen-bond acceptors (Lipinski definition) is 8. The predicted octanol–water partition coefficient (Wildman–Crippen LogP) is 5.73. The van der Waals surface area contributed by atoms with Crippen molar-refractivity contribution in [2.24, 2.45) is 0 Å². The molecule has 43 heavy (non-hydrogen) atoms. The van der Waals surface area contributed by atoms with E-state index in [0.29, 0.717) is 29.9 Å². The molecule has 1 aromatic carbocycles. The van der Waals surface area contributed by atoms with Gasteiger partial charge in [-0.05, 0) is 106 Å². The molecule has 2 atom stereocenters. The number of fused-ring (bicyclic) bond motifs is 1. The average Bonchev–Trinajstić information content (AvgIpc) is 3.78. The predicted molar refractivity (Wildman–Crippen MR) is 153 cm³/mol.